The maximum Gasteiger partial charge on any atom is 0.471 e. The highest BCUT2D eigenvalue weighted by Gasteiger charge is 2.52. The number of nitrogens with two attached hydrogens (primary N) is 1. The maximum atomic E-state index is 15.5. The minimum atomic E-state index is -5.21. The van der Waals surface area contributed by atoms with E-state index in [9.17, 15) is 39.6 Å². The van der Waals surface area contributed by atoms with Crippen LogP contribution in [-0.4, -0.2) is 48.5 Å². The van der Waals surface area contributed by atoms with Gasteiger partial charge in [0.2, 0.25) is 14.8 Å². The van der Waals surface area contributed by atoms with Gasteiger partial charge in [0, 0.05) is 18.1 Å². The zero-order valence-electron chi connectivity index (χ0n) is 17.2. The summed E-state index contributed by atoms with van der Waals surface area (Å²) in [7, 11) is -4.89. The number of alkyl halides is 7. The van der Waals surface area contributed by atoms with Crippen LogP contribution in [0.15, 0.2) is 29.2 Å². The molecule has 0 aliphatic heterocycles. The quantitative estimate of drug-likeness (QED) is 0.625. The summed E-state index contributed by atoms with van der Waals surface area (Å²) in [5.41, 5.74) is 3.26. The summed E-state index contributed by atoms with van der Waals surface area (Å²) in [5, 5.41) is -2.99. The van der Waals surface area contributed by atoms with Gasteiger partial charge in [0.05, 0.1) is 10.5 Å². The molecule has 0 atom stereocenters. The monoisotopic (exact) mass is 492 g/mol. The molecule has 0 heterocycles. The number of sulfone groups is 1. The molecule has 0 spiro atoms. The lowest BCUT2D eigenvalue weighted by Crippen LogP contribution is -2.56. The fourth-order valence-corrected chi connectivity index (χ4v) is 5.37. The van der Waals surface area contributed by atoms with Gasteiger partial charge in [-0.2, -0.15) is 26.3 Å². The third-order valence-corrected chi connectivity index (χ3v) is 7.42. The Morgan fingerprint density at radius 3 is 2.09 bits per heavy atom. The van der Waals surface area contributed by atoms with Crippen molar-refractivity contribution in [3.63, 3.8) is 0 Å². The molecule has 1 saturated carbocycles. The van der Waals surface area contributed by atoms with Crippen LogP contribution in [0.1, 0.15) is 45.1 Å². The number of carbonyl (C=O) groups excluding carboxylic acids is 1. The molecule has 1 aromatic rings. The first-order valence-corrected chi connectivity index (χ1v) is 11.0. The van der Waals surface area contributed by atoms with Crippen molar-refractivity contribution >= 4 is 15.7 Å². The van der Waals surface area contributed by atoms with Crippen LogP contribution in [0.3, 0.4) is 0 Å². The molecule has 182 valence electrons. The highest BCUT2D eigenvalue weighted by molar-refractivity contribution is 7.92. The van der Waals surface area contributed by atoms with Crippen molar-refractivity contribution in [3.05, 3.63) is 29.8 Å². The summed E-state index contributed by atoms with van der Waals surface area (Å²) in [6.45, 7) is 2.28. The topological polar surface area (TPSA) is 80.5 Å². The Labute approximate surface area is 180 Å². The number of carbonyl (C=O) groups is 1. The molecule has 0 bridgehead atoms. The minimum Gasteiger partial charge on any atom is -0.330 e. The molecule has 0 unspecified atom stereocenters. The Kier molecular flexibility index (Phi) is 6.98. The van der Waals surface area contributed by atoms with Gasteiger partial charge < -0.3 is 10.6 Å². The zero-order chi connectivity index (χ0) is 24.8. The Hall–Kier alpha value is -1.89. The lowest BCUT2D eigenvalue weighted by atomic mass is 9.91. The van der Waals surface area contributed by atoms with Crippen LogP contribution in [0, 0.1) is 0 Å². The first-order chi connectivity index (χ1) is 14.3. The Morgan fingerprint density at radius 2 is 1.66 bits per heavy atom. The van der Waals surface area contributed by atoms with Gasteiger partial charge >= 0.3 is 18.3 Å². The van der Waals surface area contributed by atoms with Gasteiger partial charge in [-0.3, -0.25) is 4.79 Å². The van der Waals surface area contributed by atoms with E-state index in [4.69, 9.17) is 5.73 Å². The van der Waals surface area contributed by atoms with Crippen molar-refractivity contribution in [2.24, 2.45) is 5.73 Å². The van der Waals surface area contributed by atoms with E-state index in [-0.39, 0.29) is 0 Å². The fourth-order valence-electron chi connectivity index (χ4n) is 3.63. The van der Waals surface area contributed by atoms with Crippen molar-refractivity contribution < 1.29 is 43.9 Å². The van der Waals surface area contributed by atoms with E-state index in [0.717, 1.165) is 12.1 Å². The highest BCUT2D eigenvalue weighted by atomic mass is 32.2. The number of nitrogens with zero attached hydrogens (tertiary/aromatic N) is 1. The van der Waals surface area contributed by atoms with Crippen molar-refractivity contribution in [1.82, 2.24) is 4.90 Å². The SMILES string of the molecule is CC(C)(N)CN(C(=O)C(F)(F)F)[C@H]1CC[C@](F)(S(=O)(=O)c2cccc(C(F)(F)F)c2)CC1. The summed E-state index contributed by atoms with van der Waals surface area (Å²) < 4.78 is 119. The Morgan fingerprint density at radius 1 is 1.12 bits per heavy atom. The molecule has 1 fully saturated rings. The molecule has 1 aliphatic carbocycles. The second kappa shape index (κ2) is 8.47. The maximum absolute atomic E-state index is 15.5. The van der Waals surface area contributed by atoms with Crippen LogP contribution in [0.25, 0.3) is 0 Å². The molecule has 13 heteroatoms. The van der Waals surface area contributed by atoms with Crippen LogP contribution in [0.5, 0.6) is 0 Å². The van der Waals surface area contributed by atoms with E-state index in [0.29, 0.717) is 17.0 Å². The van der Waals surface area contributed by atoms with Crippen molar-refractivity contribution in [2.45, 2.75) is 73.4 Å². The molecule has 5 nitrogen and oxygen atoms in total. The first kappa shape index (κ1) is 26.4. The van der Waals surface area contributed by atoms with E-state index >= 15 is 4.39 Å². The van der Waals surface area contributed by atoms with Crippen LogP contribution >= 0.6 is 0 Å². The normalized spacial score (nSPS) is 23.1. The average molecular weight is 492 g/mol. The van der Waals surface area contributed by atoms with Crippen molar-refractivity contribution in [1.29, 1.82) is 0 Å². The van der Waals surface area contributed by atoms with Gasteiger partial charge in [-0.15, -0.1) is 0 Å². The number of benzene rings is 1. The van der Waals surface area contributed by atoms with Crippen LogP contribution in [0.2, 0.25) is 0 Å². The Balaban J connectivity index is 2.29. The molecule has 2 N–H and O–H groups in total. The molecule has 1 aromatic carbocycles. The van der Waals surface area contributed by atoms with E-state index in [1.54, 1.807) is 0 Å². The van der Waals surface area contributed by atoms with Gasteiger partial charge in [0.15, 0.2) is 0 Å². The summed E-state index contributed by atoms with van der Waals surface area (Å²) in [6.07, 6.45) is -12.5. The number of amides is 1. The number of hydrogen-bond donors (Lipinski definition) is 1. The average Bonchev–Trinajstić information content (AvgIpc) is 2.64. The van der Waals surface area contributed by atoms with Crippen LogP contribution in [-0.2, 0) is 20.8 Å². The molecule has 0 saturated heterocycles. The van der Waals surface area contributed by atoms with Crippen molar-refractivity contribution in [2.75, 3.05) is 6.54 Å². The van der Waals surface area contributed by atoms with E-state index < -0.39 is 87.4 Å². The van der Waals surface area contributed by atoms with E-state index in [1.807, 2.05) is 0 Å². The number of halogens is 7. The predicted molar refractivity (Wildman–Crippen MR) is 101 cm³/mol. The van der Waals surface area contributed by atoms with Gasteiger partial charge in [-0.05, 0) is 57.7 Å². The minimum absolute atomic E-state index is 0.319. The lowest BCUT2D eigenvalue weighted by molar-refractivity contribution is -0.189. The molecule has 1 aliphatic rings. The second-order valence-electron chi connectivity index (χ2n) is 8.56. The summed E-state index contributed by atoms with van der Waals surface area (Å²) in [5.74, 6) is -2.17. The summed E-state index contributed by atoms with van der Waals surface area (Å²) in [6, 6.07) is 1.48. The van der Waals surface area contributed by atoms with Gasteiger partial charge in [-0.25, -0.2) is 12.8 Å². The third-order valence-electron chi connectivity index (χ3n) is 5.18. The largest absolute Gasteiger partial charge is 0.471 e. The van der Waals surface area contributed by atoms with Gasteiger partial charge in [0.1, 0.15) is 0 Å². The number of hydrogen-bond acceptors (Lipinski definition) is 4. The van der Waals surface area contributed by atoms with Crippen LogP contribution < -0.4 is 5.73 Å². The standard InChI is InChI=1S/C19H23F7N2O3S/c1-16(2,27)11-28(15(29)19(24,25)26)13-6-8-17(20,9-7-13)32(30,31)14-5-3-4-12(10-14)18(21,22)23/h3-5,10,13H,6-9,11,27H2,1-2H3/t13-,17-. The Bertz CT molecular complexity index is 945. The molecule has 32 heavy (non-hydrogen) atoms. The molecular weight excluding hydrogens is 469 g/mol. The van der Waals surface area contributed by atoms with Gasteiger partial charge in [0.25, 0.3) is 0 Å². The first-order valence-electron chi connectivity index (χ1n) is 9.55. The number of rotatable bonds is 5. The molecule has 0 radical (unpaired) electrons. The predicted octanol–water partition coefficient (Wildman–Crippen LogP) is 4.22. The second-order valence-corrected chi connectivity index (χ2v) is 10.8. The van der Waals surface area contributed by atoms with Gasteiger partial charge in [-0.1, -0.05) is 6.07 Å². The van der Waals surface area contributed by atoms with E-state index in [1.165, 1.54) is 13.8 Å². The molecule has 2 rings (SSSR count). The molecule has 0 aromatic heterocycles. The molecular formula is C19H23F7N2O3S. The highest BCUT2D eigenvalue weighted by Crippen LogP contribution is 2.43. The fraction of sp³-hybridized carbons (Fsp3) is 0.632. The van der Waals surface area contributed by atoms with E-state index in [2.05, 4.69) is 0 Å². The van der Waals surface area contributed by atoms with Crippen molar-refractivity contribution in [3.8, 4) is 0 Å². The molecule has 1 amide bonds. The smallest absolute Gasteiger partial charge is 0.330 e. The zero-order valence-corrected chi connectivity index (χ0v) is 18.0. The van der Waals surface area contributed by atoms with Crippen LogP contribution in [0.4, 0.5) is 30.7 Å². The third kappa shape index (κ3) is 5.72. The lowest BCUT2D eigenvalue weighted by Gasteiger charge is -2.41. The summed E-state index contributed by atoms with van der Waals surface area (Å²) >= 11 is 0. The summed E-state index contributed by atoms with van der Waals surface area (Å²) in [4.78, 5) is 11.5.